The number of rotatable bonds is 8. The highest BCUT2D eigenvalue weighted by atomic mass is 19.4. The van der Waals surface area contributed by atoms with Gasteiger partial charge in [0, 0.05) is 12.6 Å². The molecule has 0 saturated carbocycles. The smallest absolute Gasteiger partial charge is 0.383 e. The van der Waals surface area contributed by atoms with E-state index in [0.29, 0.717) is 11.0 Å². The molecule has 2 amide bonds. The number of aromatic nitrogens is 2. The lowest BCUT2D eigenvalue weighted by Crippen LogP contribution is -2.60. The normalized spacial score (nSPS) is 13.2. The van der Waals surface area contributed by atoms with Crippen LogP contribution in [0.15, 0.2) is 42.6 Å². The van der Waals surface area contributed by atoms with Crippen molar-refractivity contribution in [2.24, 2.45) is 0 Å². The molecule has 2 aromatic carbocycles. The van der Waals surface area contributed by atoms with Crippen molar-refractivity contribution in [3.63, 3.8) is 0 Å². The Morgan fingerprint density at radius 1 is 1.08 bits per heavy atom. The van der Waals surface area contributed by atoms with Crippen molar-refractivity contribution >= 4 is 17.6 Å². The number of hydrogen-bond acceptors (Lipinski definition) is 5. The molecule has 0 bridgehead atoms. The van der Waals surface area contributed by atoms with Crippen molar-refractivity contribution in [2.45, 2.75) is 18.7 Å². The van der Waals surface area contributed by atoms with E-state index >= 15 is 0 Å². The van der Waals surface area contributed by atoms with Gasteiger partial charge in [0.15, 0.2) is 5.60 Å². The number of benzene rings is 2. The fourth-order valence-electron chi connectivity index (χ4n) is 3.47. The number of likely N-dealkylation sites (N-methyl/N-ethyl adjacent to an activating group) is 1. The van der Waals surface area contributed by atoms with Gasteiger partial charge in [0.2, 0.25) is 0 Å². The summed E-state index contributed by atoms with van der Waals surface area (Å²) in [6.45, 7) is -2.26. The van der Waals surface area contributed by atoms with Gasteiger partial charge >= 0.3 is 6.18 Å². The second-order valence-corrected chi connectivity index (χ2v) is 8.11. The molecule has 8 nitrogen and oxygen atoms in total. The Morgan fingerprint density at radius 2 is 1.66 bits per heavy atom. The fourth-order valence-corrected chi connectivity index (χ4v) is 3.47. The number of hydrogen-bond donors (Lipinski definition) is 3. The SMILES string of the molecule is CCN(CC(O)(CNC(=O)c1cnn(-c2cc(F)cc(F)c2)c1N)C(F)(F)F)C(=O)c1c(F)cccc1F. The van der Waals surface area contributed by atoms with Crippen LogP contribution in [0.2, 0.25) is 0 Å². The number of amides is 2. The van der Waals surface area contributed by atoms with Crippen molar-refractivity contribution in [3.05, 3.63) is 77.0 Å². The van der Waals surface area contributed by atoms with Crippen molar-refractivity contribution in [1.29, 1.82) is 0 Å². The molecule has 204 valence electrons. The Bertz CT molecular complexity index is 1320. The second kappa shape index (κ2) is 10.7. The van der Waals surface area contributed by atoms with Gasteiger partial charge in [-0.1, -0.05) is 6.07 Å². The summed E-state index contributed by atoms with van der Waals surface area (Å²) < 4.78 is 97.4. The van der Waals surface area contributed by atoms with Crippen LogP contribution in [-0.2, 0) is 0 Å². The van der Waals surface area contributed by atoms with E-state index in [2.05, 4.69) is 5.10 Å². The van der Waals surface area contributed by atoms with E-state index in [1.807, 2.05) is 5.32 Å². The first kappa shape index (κ1) is 28.4. The lowest BCUT2D eigenvalue weighted by molar-refractivity contribution is -0.259. The van der Waals surface area contributed by atoms with Gasteiger partial charge in [0.05, 0.1) is 25.0 Å². The first-order valence-electron chi connectivity index (χ1n) is 10.8. The van der Waals surface area contributed by atoms with E-state index in [0.717, 1.165) is 41.2 Å². The van der Waals surface area contributed by atoms with E-state index in [9.17, 15) is 45.4 Å². The van der Waals surface area contributed by atoms with E-state index in [4.69, 9.17) is 5.73 Å². The zero-order valence-electron chi connectivity index (χ0n) is 19.5. The van der Waals surface area contributed by atoms with Crippen molar-refractivity contribution in [1.82, 2.24) is 20.0 Å². The third-order valence-corrected chi connectivity index (χ3v) is 5.51. The van der Waals surface area contributed by atoms with Gasteiger partial charge in [0.25, 0.3) is 11.8 Å². The Kier molecular flexibility index (Phi) is 8.00. The molecule has 1 atom stereocenters. The average Bonchev–Trinajstić information content (AvgIpc) is 3.20. The van der Waals surface area contributed by atoms with Crippen LogP contribution in [0, 0.1) is 23.3 Å². The maximum absolute atomic E-state index is 14.0. The number of halogens is 7. The van der Waals surface area contributed by atoms with Gasteiger partial charge in [-0.15, -0.1) is 0 Å². The number of carbonyl (C=O) groups excluding carboxylic acids is 2. The van der Waals surface area contributed by atoms with Crippen LogP contribution < -0.4 is 11.1 Å². The maximum atomic E-state index is 14.0. The molecule has 1 heterocycles. The molecule has 0 aliphatic heterocycles. The summed E-state index contributed by atoms with van der Waals surface area (Å²) in [7, 11) is 0. The molecule has 15 heteroatoms. The van der Waals surface area contributed by atoms with E-state index in [1.165, 1.54) is 6.92 Å². The Hall–Kier alpha value is -4.14. The van der Waals surface area contributed by atoms with Crippen LogP contribution in [-0.4, -0.2) is 63.0 Å². The van der Waals surface area contributed by atoms with Crippen molar-refractivity contribution < 1.29 is 45.4 Å². The molecule has 0 saturated heterocycles. The standard InChI is InChI=1S/C23H20F7N5O3/c1-2-34(21(37)18-16(26)4-3-5-17(18)27)11-22(38,23(28,29)30)10-32-20(36)15-9-33-35(19(15)31)14-7-12(24)6-13(25)8-14/h3-9,38H,2,10-11,31H2,1H3,(H,32,36). The molecule has 3 rings (SSSR count). The predicted octanol–water partition coefficient (Wildman–Crippen LogP) is 3.20. The number of nitrogens with two attached hydrogens (primary N) is 1. The lowest BCUT2D eigenvalue weighted by Gasteiger charge is -2.35. The molecule has 0 aliphatic carbocycles. The monoisotopic (exact) mass is 547 g/mol. The van der Waals surface area contributed by atoms with Crippen LogP contribution in [0.4, 0.5) is 36.6 Å². The van der Waals surface area contributed by atoms with E-state index in [-0.39, 0.29) is 5.69 Å². The van der Waals surface area contributed by atoms with Gasteiger partial charge in [-0.05, 0) is 31.2 Å². The third kappa shape index (κ3) is 5.72. The summed E-state index contributed by atoms with van der Waals surface area (Å²) in [6, 6.07) is 4.68. The molecule has 4 N–H and O–H groups in total. The summed E-state index contributed by atoms with van der Waals surface area (Å²) in [5, 5.41) is 16.0. The van der Waals surface area contributed by atoms with E-state index in [1.54, 1.807) is 0 Å². The number of aliphatic hydroxyl groups is 1. The van der Waals surface area contributed by atoms with Crippen LogP contribution in [0.5, 0.6) is 0 Å². The second-order valence-electron chi connectivity index (χ2n) is 8.11. The summed E-state index contributed by atoms with van der Waals surface area (Å²) in [5.41, 5.74) is 0.202. The zero-order chi connectivity index (χ0) is 28.4. The van der Waals surface area contributed by atoms with Crippen molar-refractivity contribution in [3.8, 4) is 5.69 Å². The van der Waals surface area contributed by atoms with Gasteiger partial charge in [-0.25, -0.2) is 22.2 Å². The first-order valence-corrected chi connectivity index (χ1v) is 10.8. The molecule has 1 aromatic heterocycles. The predicted molar refractivity (Wildman–Crippen MR) is 119 cm³/mol. The molecule has 0 fully saturated rings. The van der Waals surface area contributed by atoms with Gasteiger partial charge in [-0.2, -0.15) is 18.3 Å². The van der Waals surface area contributed by atoms with Gasteiger partial charge in [-0.3, -0.25) is 9.59 Å². The Balaban J connectivity index is 1.83. The van der Waals surface area contributed by atoms with E-state index < -0.39 is 83.4 Å². The van der Waals surface area contributed by atoms with Crippen LogP contribution in [0.3, 0.4) is 0 Å². The highest BCUT2D eigenvalue weighted by Gasteiger charge is 2.55. The number of nitrogens with zero attached hydrogens (tertiary/aromatic N) is 3. The minimum atomic E-state index is -5.42. The minimum absolute atomic E-state index is 0.219. The Labute approximate surface area is 210 Å². The highest BCUT2D eigenvalue weighted by molar-refractivity contribution is 5.98. The molecular formula is C23H20F7N5O3. The topological polar surface area (TPSA) is 113 Å². The summed E-state index contributed by atoms with van der Waals surface area (Å²) in [6.07, 6.45) is -4.60. The number of alkyl halides is 3. The molecule has 0 radical (unpaired) electrons. The fraction of sp³-hybridized carbons (Fsp3) is 0.261. The maximum Gasteiger partial charge on any atom is 0.420 e. The molecular weight excluding hydrogens is 527 g/mol. The molecule has 1 unspecified atom stereocenters. The zero-order valence-corrected chi connectivity index (χ0v) is 19.5. The largest absolute Gasteiger partial charge is 0.420 e. The molecule has 38 heavy (non-hydrogen) atoms. The van der Waals surface area contributed by atoms with Crippen molar-refractivity contribution in [2.75, 3.05) is 25.4 Å². The summed E-state index contributed by atoms with van der Waals surface area (Å²) >= 11 is 0. The number of nitrogens with one attached hydrogen (secondary N) is 1. The van der Waals surface area contributed by atoms with Crippen LogP contribution in [0.25, 0.3) is 5.69 Å². The molecule has 0 aliphatic rings. The lowest BCUT2D eigenvalue weighted by atomic mass is 10.0. The molecule has 0 spiro atoms. The van der Waals surface area contributed by atoms with Crippen LogP contribution >= 0.6 is 0 Å². The quantitative estimate of drug-likeness (QED) is 0.375. The minimum Gasteiger partial charge on any atom is -0.383 e. The van der Waals surface area contributed by atoms with Gasteiger partial charge in [0.1, 0.15) is 40.2 Å². The third-order valence-electron chi connectivity index (χ3n) is 5.51. The summed E-state index contributed by atoms with van der Waals surface area (Å²) in [5.74, 6) is -7.79. The Morgan fingerprint density at radius 3 is 2.18 bits per heavy atom. The summed E-state index contributed by atoms with van der Waals surface area (Å²) in [4.78, 5) is 25.5. The molecule has 3 aromatic rings. The van der Waals surface area contributed by atoms with Crippen LogP contribution in [0.1, 0.15) is 27.6 Å². The average molecular weight is 547 g/mol. The number of nitrogen functional groups attached to an aromatic ring is 1. The van der Waals surface area contributed by atoms with Gasteiger partial charge < -0.3 is 21.1 Å². The number of carbonyl (C=O) groups is 2. The number of anilines is 1. The highest BCUT2D eigenvalue weighted by Crippen LogP contribution is 2.32. The first-order chi connectivity index (χ1) is 17.7.